The van der Waals surface area contributed by atoms with Crippen molar-refractivity contribution in [3.05, 3.63) is 60.4 Å². The first kappa shape index (κ1) is 19.5. The fourth-order valence-electron chi connectivity index (χ4n) is 3.02. The molecule has 1 saturated heterocycles. The first-order valence-electron chi connectivity index (χ1n) is 8.73. The summed E-state index contributed by atoms with van der Waals surface area (Å²) in [6.07, 6.45) is 0. The lowest BCUT2D eigenvalue weighted by Gasteiger charge is -2.36. The Morgan fingerprint density at radius 2 is 1.59 bits per heavy atom. The number of hydrogen-bond donors (Lipinski definition) is 1. The number of carbonyl (C=O) groups is 1. The second-order valence-electron chi connectivity index (χ2n) is 6.43. The number of nitrogens with one attached hydrogen (secondary N) is 1. The number of carbonyl (C=O) groups excluding carboxylic acids is 1. The van der Waals surface area contributed by atoms with Crippen LogP contribution in [-0.4, -0.2) is 55.8 Å². The number of anilines is 1. The van der Waals surface area contributed by atoms with E-state index in [0.717, 1.165) is 17.8 Å². The third-order valence-corrected chi connectivity index (χ3v) is 6.61. The summed E-state index contributed by atoms with van der Waals surface area (Å²) < 4.78 is 39.7. The summed E-state index contributed by atoms with van der Waals surface area (Å²) in [5, 5.41) is 2.86. The van der Waals surface area contributed by atoms with Gasteiger partial charge in [0.05, 0.1) is 10.9 Å². The average molecular weight is 391 g/mol. The first-order chi connectivity index (χ1) is 12.9. The maximum atomic E-state index is 13.0. The second kappa shape index (κ2) is 8.16. The Labute approximate surface area is 158 Å². The molecule has 1 N–H and O–H groups in total. The number of sulfonamides is 1. The van der Waals surface area contributed by atoms with Gasteiger partial charge in [-0.2, -0.15) is 4.31 Å². The molecule has 1 aliphatic rings. The summed E-state index contributed by atoms with van der Waals surface area (Å²) in [5.74, 6) is -0.604. The lowest BCUT2D eigenvalue weighted by Crippen LogP contribution is -2.53. The van der Waals surface area contributed by atoms with Crippen molar-refractivity contribution in [1.82, 2.24) is 9.21 Å². The van der Waals surface area contributed by atoms with E-state index in [2.05, 4.69) is 5.32 Å². The number of amides is 1. The standard InChI is InChI=1S/C19H22FN3O3S/c1-15(19(24)21-17-5-3-2-4-6-17)22-11-13-23(14-12-22)27(25,26)18-9-7-16(20)8-10-18/h2-10,15H,11-14H2,1H3,(H,21,24)/t15-/m0/s1. The van der Waals surface area contributed by atoms with E-state index < -0.39 is 15.8 Å². The highest BCUT2D eigenvalue weighted by Gasteiger charge is 2.31. The van der Waals surface area contributed by atoms with E-state index in [-0.39, 0.29) is 29.9 Å². The molecule has 2 aromatic rings. The lowest BCUT2D eigenvalue weighted by atomic mass is 10.2. The number of nitrogens with zero attached hydrogens (tertiary/aromatic N) is 2. The van der Waals surface area contributed by atoms with Gasteiger partial charge in [0.15, 0.2) is 0 Å². The molecule has 0 unspecified atom stereocenters. The molecule has 6 nitrogen and oxygen atoms in total. The summed E-state index contributed by atoms with van der Waals surface area (Å²) in [6.45, 7) is 3.27. The molecule has 144 valence electrons. The minimum atomic E-state index is -3.66. The van der Waals surface area contributed by atoms with Crippen LogP contribution in [-0.2, 0) is 14.8 Å². The summed E-state index contributed by atoms with van der Waals surface area (Å²) in [7, 11) is -3.66. The van der Waals surface area contributed by atoms with Gasteiger partial charge in [-0.05, 0) is 43.3 Å². The van der Waals surface area contributed by atoms with Crippen molar-refractivity contribution >= 4 is 21.6 Å². The molecule has 0 bridgehead atoms. The minimum absolute atomic E-state index is 0.0761. The number of rotatable bonds is 5. The highest BCUT2D eigenvalue weighted by Crippen LogP contribution is 2.19. The van der Waals surface area contributed by atoms with Crippen LogP contribution in [0, 0.1) is 5.82 Å². The SMILES string of the molecule is C[C@@H](C(=O)Nc1ccccc1)N1CCN(S(=O)(=O)c2ccc(F)cc2)CC1. The van der Waals surface area contributed by atoms with E-state index in [9.17, 15) is 17.6 Å². The number of benzene rings is 2. The first-order valence-corrected chi connectivity index (χ1v) is 10.2. The van der Waals surface area contributed by atoms with Gasteiger partial charge in [-0.15, -0.1) is 0 Å². The van der Waals surface area contributed by atoms with Crippen molar-refractivity contribution in [2.24, 2.45) is 0 Å². The Morgan fingerprint density at radius 3 is 2.19 bits per heavy atom. The quantitative estimate of drug-likeness (QED) is 0.848. The van der Waals surface area contributed by atoms with Crippen molar-refractivity contribution in [3.63, 3.8) is 0 Å². The zero-order chi connectivity index (χ0) is 19.4. The largest absolute Gasteiger partial charge is 0.325 e. The van der Waals surface area contributed by atoms with Gasteiger partial charge < -0.3 is 5.32 Å². The van der Waals surface area contributed by atoms with Crippen LogP contribution < -0.4 is 5.32 Å². The van der Waals surface area contributed by atoms with Crippen LogP contribution >= 0.6 is 0 Å². The third-order valence-electron chi connectivity index (χ3n) is 4.69. The van der Waals surface area contributed by atoms with E-state index in [1.165, 1.54) is 16.4 Å². The molecule has 27 heavy (non-hydrogen) atoms. The molecule has 0 aromatic heterocycles. The van der Waals surface area contributed by atoms with Crippen LogP contribution in [0.1, 0.15) is 6.92 Å². The Bertz CT molecular complexity index is 880. The van der Waals surface area contributed by atoms with Crippen LogP contribution in [0.25, 0.3) is 0 Å². The van der Waals surface area contributed by atoms with Crippen LogP contribution in [0.5, 0.6) is 0 Å². The monoisotopic (exact) mass is 391 g/mol. The number of halogens is 1. The number of piperazine rings is 1. The fourth-order valence-corrected chi connectivity index (χ4v) is 4.44. The van der Waals surface area contributed by atoms with E-state index in [1.54, 1.807) is 0 Å². The molecule has 1 atom stereocenters. The van der Waals surface area contributed by atoms with Gasteiger partial charge in [0, 0.05) is 31.9 Å². The van der Waals surface area contributed by atoms with Gasteiger partial charge in [0.25, 0.3) is 0 Å². The molecule has 0 saturated carbocycles. The summed E-state index contributed by atoms with van der Waals surface area (Å²) >= 11 is 0. The van der Waals surface area contributed by atoms with Crippen molar-refractivity contribution in [2.45, 2.75) is 17.9 Å². The van der Waals surface area contributed by atoms with E-state index in [0.29, 0.717) is 13.1 Å². The van der Waals surface area contributed by atoms with Gasteiger partial charge in [0.1, 0.15) is 5.82 Å². The molecular weight excluding hydrogens is 369 g/mol. The highest BCUT2D eigenvalue weighted by atomic mass is 32.2. The van der Waals surface area contributed by atoms with Gasteiger partial charge in [-0.1, -0.05) is 18.2 Å². The zero-order valence-corrected chi connectivity index (χ0v) is 15.8. The van der Waals surface area contributed by atoms with E-state index >= 15 is 0 Å². The lowest BCUT2D eigenvalue weighted by molar-refractivity contribution is -0.121. The maximum Gasteiger partial charge on any atom is 0.243 e. The third kappa shape index (κ3) is 4.52. The Hall–Kier alpha value is -2.29. The molecule has 1 fully saturated rings. The predicted molar refractivity (Wildman–Crippen MR) is 101 cm³/mol. The van der Waals surface area contributed by atoms with Crippen LogP contribution in [0.3, 0.4) is 0 Å². The van der Waals surface area contributed by atoms with Crippen molar-refractivity contribution in [3.8, 4) is 0 Å². The molecule has 0 spiro atoms. The number of hydrogen-bond acceptors (Lipinski definition) is 4. The van der Waals surface area contributed by atoms with Gasteiger partial charge in [0.2, 0.25) is 15.9 Å². The van der Waals surface area contributed by atoms with Crippen molar-refractivity contribution < 1.29 is 17.6 Å². The zero-order valence-electron chi connectivity index (χ0n) is 15.0. The van der Waals surface area contributed by atoms with Gasteiger partial charge in [-0.25, -0.2) is 12.8 Å². The molecule has 0 radical (unpaired) electrons. The Balaban J connectivity index is 1.59. The average Bonchev–Trinajstić information content (AvgIpc) is 2.68. The maximum absolute atomic E-state index is 13.0. The predicted octanol–water partition coefficient (Wildman–Crippen LogP) is 2.16. The number of para-hydroxylation sites is 1. The normalized spacial score (nSPS) is 17.4. The summed E-state index contributed by atoms with van der Waals surface area (Å²) in [5.41, 5.74) is 0.729. The van der Waals surface area contributed by atoms with Gasteiger partial charge >= 0.3 is 0 Å². The highest BCUT2D eigenvalue weighted by molar-refractivity contribution is 7.89. The smallest absolute Gasteiger partial charge is 0.243 e. The van der Waals surface area contributed by atoms with E-state index in [4.69, 9.17) is 0 Å². The molecule has 3 rings (SSSR count). The van der Waals surface area contributed by atoms with Crippen LogP contribution in [0.2, 0.25) is 0 Å². The van der Waals surface area contributed by atoms with Crippen LogP contribution in [0.15, 0.2) is 59.5 Å². The van der Waals surface area contributed by atoms with E-state index in [1.807, 2.05) is 42.2 Å². The molecular formula is C19H22FN3O3S. The Morgan fingerprint density at radius 1 is 1.00 bits per heavy atom. The van der Waals surface area contributed by atoms with Gasteiger partial charge in [-0.3, -0.25) is 9.69 Å². The van der Waals surface area contributed by atoms with Crippen molar-refractivity contribution in [2.75, 3.05) is 31.5 Å². The minimum Gasteiger partial charge on any atom is -0.325 e. The fraction of sp³-hybridized carbons (Fsp3) is 0.316. The molecule has 8 heteroatoms. The summed E-state index contributed by atoms with van der Waals surface area (Å²) in [6, 6.07) is 13.6. The topological polar surface area (TPSA) is 69.7 Å². The van der Waals surface area contributed by atoms with Crippen LogP contribution in [0.4, 0.5) is 10.1 Å². The molecule has 1 heterocycles. The molecule has 1 aliphatic heterocycles. The molecule has 0 aliphatic carbocycles. The van der Waals surface area contributed by atoms with Crippen molar-refractivity contribution in [1.29, 1.82) is 0 Å². The second-order valence-corrected chi connectivity index (χ2v) is 8.36. The Kier molecular flexibility index (Phi) is 5.88. The molecule has 2 aromatic carbocycles. The molecule has 1 amide bonds. The summed E-state index contributed by atoms with van der Waals surface area (Å²) in [4.78, 5) is 14.5.